The first-order valence-electron chi connectivity index (χ1n) is 6.46. The van der Waals surface area contributed by atoms with E-state index >= 15 is 0 Å². The highest BCUT2D eigenvalue weighted by Crippen LogP contribution is 2.25. The number of morpholine rings is 1. The number of nitrogens with zero attached hydrogens (tertiary/aromatic N) is 1. The lowest BCUT2D eigenvalue weighted by molar-refractivity contribution is 0.0382. The Labute approximate surface area is 107 Å². The van der Waals surface area contributed by atoms with Gasteiger partial charge in [0.2, 0.25) is 0 Å². The van der Waals surface area contributed by atoms with Crippen LogP contribution in [0, 0.1) is 5.82 Å². The second-order valence-electron chi connectivity index (χ2n) is 4.73. The van der Waals surface area contributed by atoms with Crippen LogP contribution in [0.2, 0.25) is 0 Å². The van der Waals surface area contributed by atoms with E-state index < -0.39 is 6.10 Å². The van der Waals surface area contributed by atoms with Gasteiger partial charge in [-0.3, -0.25) is 0 Å². The average Bonchev–Trinajstić information content (AvgIpc) is 2.38. The predicted octanol–water partition coefficient (Wildman–Crippen LogP) is 2.49. The average molecular weight is 253 g/mol. The Balaban J connectivity index is 2.17. The number of hydrogen-bond donors (Lipinski definition) is 1. The van der Waals surface area contributed by atoms with Crippen LogP contribution >= 0.6 is 0 Å². The maximum atomic E-state index is 14.0. The minimum atomic E-state index is -0.637. The summed E-state index contributed by atoms with van der Waals surface area (Å²) in [6, 6.07) is 4.94. The molecular formula is C14H20FNO2. The van der Waals surface area contributed by atoms with Gasteiger partial charge in [-0.15, -0.1) is 0 Å². The third-order valence-electron chi connectivity index (χ3n) is 3.39. The van der Waals surface area contributed by atoms with Crippen LogP contribution in [0.5, 0.6) is 0 Å². The third-order valence-corrected chi connectivity index (χ3v) is 3.39. The Kier molecular flexibility index (Phi) is 4.19. The molecule has 18 heavy (non-hydrogen) atoms. The molecule has 3 nitrogen and oxygen atoms in total. The number of hydrogen-bond acceptors (Lipinski definition) is 3. The Morgan fingerprint density at radius 1 is 1.56 bits per heavy atom. The van der Waals surface area contributed by atoms with E-state index in [0.717, 1.165) is 13.0 Å². The molecule has 2 rings (SSSR count). The molecule has 1 aromatic rings. The molecule has 100 valence electrons. The van der Waals surface area contributed by atoms with Gasteiger partial charge in [0.05, 0.1) is 24.5 Å². The van der Waals surface area contributed by atoms with Gasteiger partial charge in [0.25, 0.3) is 0 Å². The van der Waals surface area contributed by atoms with Crippen LogP contribution in [0.25, 0.3) is 0 Å². The lowest BCUT2D eigenvalue weighted by Crippen LogP contribution is -2.42. The van der Waals surface area contributed by atoms with Crippen LogP contribution in [0.15, 0.2) is 18.2 Å². The Hall–Kier alpha value is -1.13. The molecule has 1 aromatic carbocycles. The molecule has 1 fully saturated rings. The van der Waals surface area contributed by atoms with Crippen molar-refractivity contribution in [2.45, 2.75) is 32.5 Å². The molecule has 2 atom stereocenters. The van der Waals surface area contributed by atoms with Gasteiger partial charge in [0, 0.05) is 13.1 Å². The highest BCUT2D eigenvalue weighted by atomic mass is 19.1. The van der Waals surface area contributed by atoms with Crippen LogP contribution in [-0.2, 0) is 4.74 Å². The summed E-state index contributed by atoms with van der Waals surface area (Å²) in [6.07, 6.45) is 0.473. The molecular weight excluding hydrogens is 233 g/mol. The van der Waals surface area contributed by atoms with Crippen molar-refractivity contribution >= 4 is 5.69 Å². The molecule has 2 unspecified atom stereocenters. The van der Waals surface area contributed by atoms with Crippen molar-refractivity contribution in [2.75, 3.05) is 24.6 Å². The van der Waals surface area contributed by atoms with Gasteiger partial charge in [-0.05, 0) is 31.0 Å². The van der Waals surface area contributed by atoms with Gasteiger partial charge in [-0.2, -0.15) is 0 Å². The smallest absolute Gasteiger partial charge is 0.146 e. The number of halogens is 1. The molecule has 0 aliphatic carbocycles. The second kappa shape index (κ2) is 5.67. The topological polar surface area (TPSA) is 32.7 Å². The predicted molar refractivity (Wildman–Crippen MR) is 69.3 cm³/mol. The summed E-state index contributed by atoms with van der Waals surface area (Å²) in [4.78, 5) is 2.01. The molecule has 0 aromatic heterocycles. The zero-order chi connectivity index (χ0) is 13.1. The number of aliphatic hydroxyl groups is 1. The van der Waals surface area contributed by atoms with Crippen LogP contribution < -0.4 is 4.90 Å². The van der Waals surface area contributed by atoms with Crippen molar-refractivity contribution in [3.05, 3.63) is 29.6 Å². The standard InChI is InChI=1S/C14H20FNO2/c1-3-12-9-16(6-7-18-12)14-5-4-11(10(2)17)8-13(14)15/h4-5,8,10,12,17H,3,6-7,9H2,1-2H3. The molecule has 1 heterocycles. The van der Waals surface area contributed by atoms with Crippen LogP contribution in [0.4, 0.5) is 10.1 Å². The zero-order valence-corrected chi connectivity index (χ0v) is 10.9. The Morgan fingerprint density at radius 2 is 2.33 bits per heavy atom. The fraction of sp³-hybridized carbons (Fsp3) is 0.571. The third kappa shape index (κ3) is 2.82. The number of ether oxygens (including phenoxy) is 1. The zero-order valence-electron chi connectivity index (χ0n) is 10.9. The van der Waals surface area contributed by atoms with Crippen LogP contribution in [0.3, 0.4) is 0 Å². The SMILES string of the molecule is CCC1CN(c2ccc(C(C)O)cc2F)CCO1. The van der Waals surface area contributed by atoms with Crippen molar-refractivity contribution in [1.82, 2.24) is 0 Å². The highest BCUT2D eigenvalue weighted by Gasteiger charge is 2.21. The van der Waals surface area contributed by atoms with Gasteiger partial charge in [-0.25, -0.2) is 4.39 Å². The number of rotatable bonds is 3. The summed E-state index contributed by atoms with van der Waals surface area (Å²) in [5.74, 6) is -0.273. The van der Waals surface area contributed by atoms with Gasteiger partial charge in [0.15, 0.2) is 0 Å². The van der Waals surface area contributed by atoms with E-state index in [-0.39, 0.29) is 11.9 Å². The van der Waals surface area contributed by atoms with Gasteiger partial charge in [-0.1, -0.05) is 13.0 Å². The van der Waals surface area contributed by atoms with E-state index in [1.165, 1.54) is 6.07 Å². The fourth-order valence-corrected chi connectivity index (χ4v) is 2.22. The quantitative estimate of drug-likeness (QED) is 0.898. The fourth-order valence-electron chi connectivity index (χ4n) is 2.22. The lowest BCUT2D eigenvalue weighted by Gasteiger charge is -2.34. The van der Waals surface area contributed by atoms with Crippen molar-refractivity contribution in [2.24, 2.45) is 0 Å². The molecule has 0 bridgehead atoms. The molecule has 1 N–H and O–H groups in total. The highest BCUT2D eigenvalue weighted by molar-refractivity contribution is 5.50. The summed E-state index contributed by atoms with van der Waals surface area (Å²) in [7, 11) is 0. The first-order chi connectivity index (χ1) is 8.61. The minimum absolute atomic E-state index is 0.176. The van der Waals surface area contributed by atoms with E-state index in [1.807, 2.05) is 4.90 Å². The molecule has 0 radical (unpaired) electrons. The molecule has 0 spiro atoms. The second-order valence-corrected chi connectivity index (χ2v) is 4.73. The molecule has 0 amide bonds. The number of benzene rings is 1. The van der Waals surface area contributed by atoms with E-state index in [9.17, 15) is 9.50 Å². The summed E-state index contributed by atoms with van der Waals surface area (Å²) >= 11 is 0. The van der Waals surface area contributed by atoms with Crippen molar-refractivity contribution in [3.63, 3.8) is 0 Å². The van der Waals surface area contributed by atoms with Gasteiger partial charge in [0.1, 0.15) is 5.82 Å². The van der Waals surface area contributed by atoms with Gasteiger partial charge < -0.3 is 14.7 Å². The largest absolute Gasteiger partial charge is 0.389 e. The Morgan fingerprint density at radius 3 is 2.94 bits per heavy atom. The summed E-state index contributed by atoms with van der Waals surface area (Å²) in [5.41, 5.74) is 1.21. The molecule has 1 saturated heterocycles. The van der Waals surface area contributed by atoms with Gasteiger partial charge >= 0.3 is 0 Å². The molecule has 1 aliphatic rings. The molecule has 4 heteroatoms. The normalized spacial score (nSPS) is 22.0. The van der Waals surface area contributed by atoms with Crippen LogP contribution in [-0.4, -0.2) is 30.9 Å². The first kappa shape index (κ1) is 13.3. The Bertz CT molecular complexity index is 409. The maximum Gasteiger partial charge on any atom is 0.146 e. The summed E-state index contributed by atoms with van der Waals surface area (Å²) < 4.78 is 19.6. The van der Waals surface area contributed by atoms with E-state index in [0.29, 0.717) is 24.4 Å². The monoisotopic (exact) mass is 253 g/mol. The van der Waals surface area contributed by atoms with Crippen molar-refractivity contribution in [3.8, 4) is 0 Å². The van der Waals surface area contributed by atoms with E-state index in [2.05, 4.69) is 6.92 Å². The summed E-state index contributed by atoms with van der Waals surface area (Å²) in [5, 5.41) is 9.43. The first-order valence-corrected chi connectivity index (χ1v) is 6.46. The minimum Gasteiger partial charge on any atom is -0.389 e. The van der Waals surface area contributed by atoms with E-state index in [1.54, 1.807) is 19.1 Å². The van der Waals surface area contributed by atoms with Crippen LogP contribution in [0.1, 0.15) is 31.9 Å². The van der Waals surface area contributed by atoms with E-state index in [4.69, 9.17) is 4.74 Å². The maximum absolute atomic E-state index is 14.0. The number of aliphatic hydroxyl groups excluding tert-OH is 1. The molecule has 0 saturated carbocycles. The lowest BCUT2D eigenvalue weighted by atomic mass is 10.1. The van der Waals surface area contributed by atoms with Crippen molar-refractivity contribution in [1.29, 1.82) is 0 Å². The summed E-state index contributed by atoms with van der Waals surface area (Å²) in [6.45, 7) is 5.77. The molecule has 1 aliphatic heterocycles. The number of anilines is 1. The van der Waals surface area contributed by atoms with Crippen molar-refractivity contribution < 1.29 is 14.2 Å².